The van der Waals surface area contributed by atoms with E-state index in [4.69, 9.17) is 0 Å². The fraction of sp³-hybridized carbons (Fsp3) is 0.529. The van der Waals surface area contributed by atoms with Crippen LogP contribution in [0.25, 0.3) is 0 Å². The van der Waals surface area contributed by atoms with Gasteiger partial charge in [0.2, 0.25) is 5.91 Å². The number of rotatable bonds is 2. The lowest BCUT2D eigenvalue weighted by atomic mass is 9.96. The Balaban J connectivity index is 1.80. The molecule has 2 N–H and O–H groups in total. The van der Waals surface area contributed by atoms with Crippen LogP contribution in [0.4, 0.5) is 10.5 Å². The minimum atomic E-state index is -0.453. The van der Waals surface area contributed by atoms with Gasteiger partial charge in [-0.2, -0.15) is 0 Å². The van der Waals surface area contributed by atoms with E-state index in [2.05, 4.69) is 10.6 Å². The van der Waals surface area contributed by atoms with Crippen LogP contribution >= 0.6 is 0 Å². The van der Waals surface area contributed by atoms with Gasteiger partial charge in [0.1, 0.15) is 6.04 Å². The first-order valence-electron chi connectivity index (χ1n) is 8.10. The van der Waals surface area contributed by atoms with E-state index in [-0.39, 0.29) is 18.0 Å². The van der Waals surface area contributed by atoms with Gasteiger partial charge < -0.3 is 10.6 Å². The monoisotopic (exact) mass is 301 g/mol. The van der Waals surface area contributed by atoms with E-state index in [9.17, 15) is 9.59 Å². The Kier molecular flexibility index (Phi) is 4.32. The molecule has 3 amide bonds. The van der Waals surface area contributed by atoms with Gasteiger partial charge in [0.15, 0.2) is 0 Å². The third-order valence-corrected chi connectivity index (χ3v) is 4.68. The number of amides is 3. The zero-order chi connectivity index (χ0) is 15.5. The zero-order valence-corrected chi connectivity index (χ0v) is 13.0. The molecule has 0 saturated heterocycles. The highest BCUT2D eigenvalue weighted by atomic mass is 16.2. The Morgan fingerprint density at radius 3 is 2.59 bits per heavy atom. The van der Waals surface area contributed by atoms with Crippen LogP contribution in [0.2, 0.25) is 0 Å². The first-order valence-corrected chi connectivity index (χ1v) is 8.10. The summed E-state index contributed by atoms with van der Waals surface area (Å²) < 4.78 is 0. The Morgan fingerprint density at radius 2 is 1.86 bits per heavy atom. The van der Waals surface area contributed by atoms with Crippen LogP contribution in [0.1, 0.15) is 37.7 Å². The quantitative estimate of drug-likeness (QED) is 0.880. The van der Waals surface area contributed by atoms with Gasteiger partial charge in [-0.1, -0.05) is 37.5 Å². The van der Waals surface area contributed by atoms with E-state index in [1.54, 1.807) is 11.9 Å². The van der Waals surface area contributed by atoms with Crippen molar-refractivity contribution < 1.29 is 9.59 Å². The number of anilines is 1. The highest BCUT2D eigenvalue weighted by Crippen LogP contribution is 2.32. The highest BCUT2D eigenvalue weighted by molar-refractivity contribution is 6.02. The Bertz CT molecular complexity index is 567. The lowest BCUT2D eigenvalue weighted by Gasteiger charge is -2.29. The predicted octanol–water partition coefficient (Wildman–Crippen LogP) is 2.21. The number of carbonyl (C=O) groups excluding carboxylic acids is 2. The van der Waals surface area contributed by atoms with Crippen LogP contribution in [0.3, 0.4) is 0 Å². The van der Waals surface area contributed by atoms with Crippen LogP contribution in [0.5, 0.6) is 0 Å². The molecule has 0 unspecified atom stereocenters. The molecule has 5 nitrogen and oxygen atoms in total. The fourth-order valence-electron chi connectivity index (χ4n) is 3.50. The van der Waals surface area contributed by atoms with E-state index in [1.165, 1.54) is 19.3 Å². The summed E-state index contributed by atoms with van der Waals surface area (Å²) in [6, 6.07) is 7.39. The largest absolute Gasteiger partial charge is 0.357 e. The lowest BCUT2D eigenvalue weighted by Crippen LogP contribution is -2.53. The summed E-state index contributed by atoms with van der Waals surface area (Å²) in [6.07, 6.45) is 6.23. The Hall–Kier alpha value is -2.04. The van der Waals surface area contributed by atoms with E-state index in [1.807, 2.05) is 24.3 Å². The topological polar surface area (TPSA) is 61.4 Å². The summed E-state index contributed by atoms with van der Waals surface area (Å²) in [5.74, 6) is -0.116. The van der Waals surface area contributed by atoms with Gasteiger partial charge in [-0.15, -0.1) is 0 Å². The van der Waals surface area contributed by atoms with Crippen LogP contribution < -0.4 is 15.5 Å². The summed E-state index contributed by atoms with van der Waals surface area (Å²) in [5, 5.41) is 5.79. The van der Waals surface area contributed by atoms with E-state index >= 15 is 0 Å². The minimum Gasteiger partial charge on any atom is -0.357 e. The molecular formula is C17H23N3O2. The van der Waals surface area contributed by atoms with E-state index in [0.717, 1.165) is 24.1 Å². The van der Waals surface area contributed by atoms with Crippen LogP contribution in [0.15, 0.2) is 24.3 Å². The standard InChI is InChI=1S/C17H23N3O2/c1-18-16(21)15-11-12-7-5-6-10-14(12)20(15)17(22)19-13-8-3-2-4-9-13/h5-7,10,13,15H,2-4,8-9,11H2,1H3,(H,18,21)(H,19,22)/t15-/m0/s1. The number of hydrogen-bond acceptors (Lipinski definition) is 2. The predicted molar refractivity (Wildman–Crippen MR) is 85.9 cm³/mol. The molecule has 1 aliphatic carbocycles. The number of para-hydroxylation sites is 1. The van der Waals surface area contributed by atoms with Crippen molar-refractivity contribution in [3.05, 3.63) is 29.8 Å². The minimum absolute atomic E-state index is 0.116. The molecule has 3 rings (SSSR count). The van der Waals surface area contributed by atoms with Crippen molar-refractivity contribution in [1.29, 1.82) is 0 Å². The molecule has 0 aromatic heterocycles. The number of carbonyl (C=O) groups is 2. The Labute approximate surface area is 131 Å². The van der Waals surface area contributed by atoms with Crippen molar-refractivity contribution in [1.82, 2.24) is 10.6 Å². The molecule has 2 aliphatic rings. The number of hydrogen-bond donors (Lipinski definition) is 2. The van der Waals surface area contributed by atoms with Crippen LogP contribution in [-0.4, -0.2) is 31.1 Å². The van der Waals surface area contributed by atoms with Crippen LogP contribution in [0, 0.1) is 0 Å². The van der Waals surface area contributed by atoms with Crippen molar-refractivity contribution in [3.8, 4) is 0 Å². The smallest absolute Gasteiger partial charge is 0.322 e. The lowest BCUT2D eigenvalue weighted by molar-refractivity contribution is -0.121. The van der Waals surface area contributed by atoms with Gasteiger partial charge in [-0.3, -0.25) is 9.69 Å². The van der Waals surface area contributed by atoms with E-state index < -0.39 is 6.04 Å². The molecule has 1 aromatic rings. The molecule has 1 atom stereocenters. The van der Waals surface area contributed by atoms with Crippen molar-refractivity contribution in [2.24, 2.45) is 0 Å². The normalized spacial score (nSPS) is 21.3. The molecule has 22 heavy (non-hydrogen) atoms. The second kappa shape index (κ2) is 6.38. The number of nitrogens with zero attached hydrogens (tertiary/aromatic N) is 1. The fourth-order valence-corrected chi connectivity index (χ4v) is 3.50. The number of urea groups is 1. The average Bonchev–Trinajstić information content (AvgIpc) is 2.94. The van der Waals surface area contributed by atoms with E-state index in [0.29, 0.717) is 6.42 Å². The third kappa shape index (κ3) is 2.80. The molecule has 5 heteroatoms. The molecule has 1 aliphatic heterocycles. The van der Waals surface area contributed by atoms with Gasteiger partial charge in [-0.05, 0) is 24.5 Å². The SMILES string of the molecule is CNC(=O)[C@@H]1Cc2ccccc2N1C(=O)NC1CCCCC1. The molecule has 0 spiro atoms. The summed E-state index contributed by atoms with van der Waals surface area (Å²) in [5.41, 5.74) is 1.90. The molecule has 0 bridgehead atoms. The van der Waals surface area contributed by atoms with Gasteiger partial charge >= 0.3 is 6.03 Å². The summed E-state index contributed by atoms with van der Waals surface area (Å²) in [7, 11) is 1.61. The van der Waals surface area contributed by atoms with Gasteiger partial charge in [-0.25, -0.2) is 4.79 Å². The summed E-state index contributed by atoms with van der Waals surface area (Å²) in [4.78, 5) is 26.5. The average molecular weight is 301 g/mol. The molecule has 1 heterocycles. The first kappa shape index (κ1) is 14.9. The van der Waals surface area contributed by atoms with Crippen LogP contribution in [-0.2, 0) is 11.2 Å². The van der Waals surface area contributed by atoms with Gasteiger partial charge in [0, 0.05) is 25.2 Å². The third-order valence-electron chi connectivity index (χ3n) is 4.68. The summed E-state index contributed by atoms with van der Waals surface area (Å²) >= 11 is 0. The Morgan fingerprint density at radius 1 is 1.14 bits per heavy atom. The maximum atomic E-state index is 12.7. The second-order valence-electron chi connectivity index (χ2n) is 6.12. The molecule has 0 radical (unpaired) electrons. The zero-order valence-electron chi connectivity index (χ0n) is 13.0. The molecule has 1 aromatic carbocycles. The van der Waals surface area contributed by atoms with Gasteiger partial charge in [0.25, 0.3) is 0 Å². The maximum absolute atomic E-state index is 12.7. The van der Waals surface area contributed by atoms with Crippen molar-refractivity contribution in [2.75, 3.05) is 11.9 Å². The number of fused-ring (bicyclic) bond motifs is 1. The van der Waals surface area contributed by atoms with Crippen molar-refractivity contribution in [3.63, 3.8) is 0 Å². The van der Waals surface area contributed by atoms with Crippen molar-refractivity contribution in [2.45, 2.75) is 50.6 Å². The maximum Gasteiger partial charge on any atom is 0.322 e. The first-order chi connectivity index (χ1) is 10.7. The van der Waals surface area contributed by atoms with Crippen molar-refractivity contribution >= 4 is 17.6 Å². The number of likely N-dealkylation sites (N-methyl/N-ethyl adjacent to an activating group) is 1. The second-order valence-corrected chi connectivity index (χ2v) is 6.12. The molecule has 1 saturated carbocycles. The number of nitrogens with one attached hydrogen (secondary N) is 2. The summed E-state index contributed by atoms with van der Waals surface area (Å²) in [6.45, 7) is 0. The van der Waals surface area contributed by atoms with Gasteiger partial charge in [0.05, 0.1) is 0 Å². The highest BCUT2D eigenvalue weighted by Gasteiger charge is 2.38. The molecular weight excluding hydrogens is 278 g/mol. The molecule has 118 valence electrons. The number of benzene rings is 1. The molecule has 1 fully saturated rings.